The second-order valence-corrected chi connectivity index (χ2v) is 7.62. The molecule has 2 fully saturated rings. The number of benzene rings is 1. The van der Waals surface area contributed by atoms with Crippen LogP contribution < -0.4 is 9.80 Å². The lowest BCUT2D eigenvalue weighted by Crippen LogP contribution is -2.56. The van der Waals surface area contributed by atoms with Crippen LogP contribution >= 0.6 is 11.6 Å². The molecule has 0 atom stereocenters. The van der Waals surface area contributed by atoms with Crippen LogP contribution in [0.1, 0.15) is 18.4 Å². The van der Waals surface area contributed by atoms with Gasteiger partial charge >= 0.3 is 0 Å². The first-order valence-electron chi connectivity index (χ1n) is 8.70. The molecule has 8 heteroatoms. The number of aromatic amines is 1. The Labute approximate surface area is 155 Å². The highest BCUT2D eigenvalue weighted by Gasteiger charge is 2.53. The van der Waals surface area contributed by atoms with Gasteiger partial charge in [-0.3, -0.25) is 5.10 Å². The SMILES string of the molecule is Cc1cnc(N2CCN(c3n[nH]c4cc(F)cc(Cl)c34)C3(CC3)C2)nc1. The van der Waals surface area contributed by atoms with E-state index in [1.54, 1.807) is 0 Å². The van der Waals surface area contributed by atoms with E-state index in [-0.39, 0.29) is 11.4 Å². The van der Waals surface area contributed by atoms with Crippen molar-refractivity contribution in [1.82, 2.24) is 20.2 Å². The van der Waals surface area contributed by atoms with Crippen LogP contribution in [0.4, 0.5) is 16.2 Å². The van der Waals surface area contributed by atoms with Crippen LogP contribution in [-0.4, -0.2) is 45.3 Å². The third kappa shape index (κ3) is 2.41. The zero-order valence-corrected chi connectivity index (χ0v) is 15.1. The van der Waals surface area contributed by atoms with Crippen molar-refractivity contribution in [3.05, 3.63) is 40.9 Å². The van der Waals surface area contributed by atoms with Crippen molar-refractivity contribution in [3.63, 3.8) is 0 Å². The van der Waals surface area contributed by atoms with Crippen LogP contribution in [-0.2, 0) is 0 Å². The number of anilines is 2. The summed E-state index contributed by atoms with van der Waals surface area (Å²) in [4.78, 5) is 13.5. The van der Waals surface area contributed by atoms with Gasteiger partial charge in [-0.25, -0.2) is 14.4 Å². The first kappa shape index (κ1) is 15.8. The minimum Gasteiger partial charge on any atom is -0.345 e. The highest BCUT2D eigenvalue weighted by atomic mass is 35.5. The second-order valence-electron chi connectivity index (χ2n) is 7.22. The van der Waals surface area contributed by atoms with Crippen molar-refractivity contribution < 1.29 is 4.39 Å². The maximum Gasteiger partial charge on any atom is 0.225 e. The largest absolute Gasteiger partial charge is 0.345 e. The van der Waals surface area contributed by atoms with Gasteiger partial charge in [-0.1, -0.05) is 11.6 Å². The van der Waals surface area contributed by atoms with E-state index < -0.39 is 0 Å². The van der Waals surface area contributed by atoms with Crippen LogP contribution in [0.15, 0.2) is 24.5 Å². The molecule has 1 aliphatic carbocycles. The molecule has 3 aromatic rings. The molecule has 134 valence electrons. The predicted molar refractivity (Wildman–Crippen MR) is 99.4 cm³/mol. The summed E-state index contributed by atoms with van der Waals surface area (Å²) in [6.07, 6.45) is 5.87. The van der Waals surface area contributed by atoms with Crippen LogP contribution in [0.2, 0.25) is 5.02 Å². The van der Waals surface area contributed by atoms with Gasteiger partial charge in [-0.05, 0) is 37.5 Å². The summed E-state index contributed by atoms with van der Waals surface area (Å²) in [5.41, 5.74) is 1.70. The Morgan fingerprint density at radius 2 is 1.96 bits per heavy atom. The molecule has 1 aliphatic heterocycles. The minimum atomic E-state index is -0.361. The monoisotopic (exact) mass is 372 g/mol. The van der Waals surface area contributed by atoms with E-state index in [0.29, 0.717) is 10.5 Å². The highest BCUT2D eigenvalue weighted by molar-refractivity contribution is 6.36. The lowest BCUT2D eigenvalue weighted by molar-refractivity contribution is 0.499. The molecule has 2 aliphatic rings. The number of rotatable bonds is 2. The Bertz CT molecular complexity index is 981. The van der Waals surface area contributed by atoms with Crippen molar-refractivity contribution in [3.8, 4) is 0 Å². The van der Waals surface area contributed by atoms with Crippen molar-refractivity contribution in [2.24, 2.45) is 0 Å². The molecular formula is C18H18ClFN6. The van der Waals surface area contributed by atoms with Crippen molar-refractivity contribution in [2.75, 3.05) is 29.4 Å². The van der Waals surface area contributed by atoms with Gasteiger partial charge in [-0.2, -0.15) is 5.10 Å². The second kappa shape index (κ2) is 5.54. The fourth-order valence-corrected chi connectivity index (χ4v) is 4.14. The molecule has 1 N–H and O–H groups in total. The molecule has 0 unspecified atom stereocenters. The fourth-order valence-electron chi connectivity index (χ4n) is 3.85. The predicted octanol–water partition coefficient (Wildman–Crippen LogP) is 3.31. The Morgan fingerprint density at radius 1 is 1.19 bits per heavy atom. The Hall–Kier alpha value is -2.41. The molecular weight excluding hydrogens is 355 g/mol. The van der Waals surface area contributed by atoms with Crippen molar-refractivity contribution in [1.29, 1.82) is 0 Å². The standard InChI is InChI=1S/C18H18ClFN6/c1-11-8-21-17(22-9-11)25-4-5-26(18(10-25)2-3-18)16-15-13(19)6-12(20)7-14(15)23-24-16/h6-9H,2-5,10H2,1H3,(H,23,24). The first-order valence-corrected chi connectivity index (χ1v) is 9.08. The third-order valence-electron chi connectivity index (χ3n) is 5.35. The smallest absolute Gasteiger partial charge is 0.225 e. The number of aromatic nitrogens is 4. The molecule has 2 aromatic heterocycles. The number of hydrogen-bond acceptors (Lipinski definition) is 5. The van der Waals surface area contributed by atoms with E-state index in [0.717, 1.165) is 55.2 Å². The van der Waals surface area contributed by atoms with Gasteiger partial charge in [0, 0.05) is 32.0 Å². The van der Waals surface area contributed by atoms with E-state index in [1.807, 2.05) is 19.3 Å². The van der Waals surface area contributed by atoms with Gasteiger partial charge in [0.15, 0.2) is 5.82 Å². The zero-order chi connectivity index (χ0) is 17.9. The number of nitrogens with zero attached hydrogens (tertiary/aromatic N) is 5. The number of halogens is 2. The summed E-state index contributed by atoms with van der Waals surface area (Å²) in [6.45, 7) is 4.44. The fraction of sp³-hybridized carbons (Fsp3) is 0.389. The van der Waals surface area contributed by atoms with Gasteiger partial charge < -0.3 is 9.80 Å². The highest BCUT2D eigenvalue weighted by Crippen LogP contribution is 2.48. The number of piperazine rings is 1. The molecule has 0 radical (unpaired) electrons. The molecule has 1 saturated heterocycles. The van der Waals surface area contributed by atoms with Gasteiger partial charge in [0.05, 0.1) is 21.5 Å². The summed E-state index contributed by atoms with van der Waals surface area (Å²) in [5, 5.41) is 8.58. The van der Waals surface area contributed by atoms with E-state index in [2.05, 4.69) is 30.0 Å². The van der Waals surface area contributed by atoms with E-state index in [9.17, 15) is 4.39 Å². The number of nitrogens with one attached hydrogen (secondary N) is 1. The van der Waals surface area contributed by atoms with E-state index >= 15 is 0 Å². The quantitative estimate of drug-likeness (QED) is 0.747. The number of fused-ring (bicyclic) bond motifs is 1. The van der Waals surface area contributed by atoms with Gasteiger partial charge in [-0.15, -0.1) is 0 Å². The van der Waals surface area contributed by atoms with Crippen LogP contribution in [0, 0.1) is 12.7 Å². The number of H-pyrrole nitrogens is 1. The Kier molecular flexibility index (Phi) is 3.37. The lowest BCUT2D eigenvalue weighted by atomic mass is 10.1. The average Bonchev–Trinajstić information content (AvgIpc) is 3.24. The summed E-state index contributed by atoms with van der Waals surface area (Å²) in [5.74, 6) is 1.22. The normalized spacial score (nSPS) is 18.7. The number of hydrogen-bond donors (Lipinski definition) is 1. The maximum atomic E-state index is 13.6. The molecule has 0 bridgehead atoms. The zero-order valence-electron chi connectivity index (χ0n) is 14.3. The van der Waals surface area contributed by atoms with Gasteiger partial charge in [0.25, 0.3) is 0 Å². The molecule has 5 rings (SSSR count). The Balaban J connectivity index is 1.48. The molecule has 1 saturated carbocycles. The molecule has 1 spiro atoms. The first-order chi connectivity index (χ1) is 12.6. The van der Waals surface area contributed by atoms with Crippen LogP contribution in [0.5, 0.6) is 0 Å². The van der Waals surface area contributed by atoms with Crippen molar-refractivity contribution in [2.45, 2.75) is 25.3 Å². The van der Waals surface area contributed by atoms with E-state index in [4.69, 9.17) is 11.6 Å². The molecule has 26 heavy (non-hydrogen) atoms. The average molecular weight is 373 g/mol. The molecule has 0 amide bonds. The van der Waals surface area contributed by atoms with Gasteiger partial charge in [0.1, 0.15) is 5.82 Å². The topological polar surface area (TPSA) is 60.9 Å². The number of aryl methyl sites for hydroxylation is 1. The Morgan fingerprint density at radius 3 is 2.69 bits per heavy atom. The van der Waals surface area contributed by atoms with Crippen LogP contribution in [0.25, 0.3) is 10.9 Å². The summed E-state index contributed by atoms with van der Waals surface area (Å²) >= 11 is 6.32. The minimum absolute atomic E-state index is 0.0202. The van der Waals surface area contributed by atoms with Crippen LogP contribution in [0.3, 0.4) is 0 Å². The molecule has 3 heterocycles. The maximum absolute atomic E-state index is 13.6. The summed E-state index contributed by atoms with van der Waals surface area (Å²) in [6, 6.07) is 2.78. The van der Waals surface area contributed by atoms with Gasteiger partial charge in [0.2, 0.25) is 5.95 Å². The summed E-state index contributed by atoms with van der Waals surface area (Å²) in [7, 11) is 0. The third-order valence-corrected chi connectivity index (χ3v) is 5.64. The molecule has 6 nitrogen and oxygen atoms in total. The van der Waals surface area contributed by atoms with Crippen molar-refractivity contribution >= 4 is 34.3 Å². The lowest BCUT2D eigenvalue weighted by Gasteiger charge is -2.42. The molecule has 1 aromatic carbocycles. The van der Waals surface area contributed by atoms with E-state index in [1.165, 1.54) is 12.1 Å². The summed E-state index contributed by atoms with van der Waals surface area (Å²) < 4.78 is 13.6.